The SMILES string of the molecule is c1ccc(CCCN=NCCCc2ccccc2)cc1. The Morgan fingerprint density at radius 1 is 0.550 bits per heavy atom. The van der Waals surface area contributed by atoms with Crippen LogP contribution in [0.2, 0.25) is 0 Å². The van der Waals surface area contributed by atoms with Gasteiger partial charge < -0.3 is 0 Å². The van der Waals surface area contributed by atoms with E-state index in [-0.39, 0.29) is 0 Å². The van der Waals surface area contributed by atoms with Crippen LogP contribution in [0, 0.1) is 0 Å². The fourth-order valence-electron chi connectivity index (χ4n) is 2.14. The number of benzene rings is 2. The van der Waals surface area contributed by atoms with Crippen molar-refractivity contribution >= 4 is 0 Å². The molecule has 0 fully saturated rings. The van der Waals surface area contributed by atoms with Crippen LogP contribution in [0.15, 0.2) is 70.9 Å². The van der Waals surface area contributed by atoms with Gasteiger partial charge in [-0.2, -0.15) is 10.2 Å². The molecule has 0 spiro atoms. The minimum absolute atomic E-state index is 0.834. The van der Waals surface area contributed by atoms with E-state index < -0.39 is 0 Å². The molecule has 0 atom stereocenters. The number of hydrogen-bond donors (Lipinski definition) is 0. The zero-order chi connectivity index (χ0) is 13.9. The second-order valence-electron chi connectivity index (χ2n) is 4.91. The van der Waals surface area contributed by atoms with E-state index in [1.54, 1.807) is 0 Å². The zero-order valence-electron chi connectivity index (χ0n) is 11.9. The van der Waals surface area contributed by atoms with E-state index in [1.165, 1.54) is 11.1 Å². The van der Waals surface area contributed by atoms with E-state index in [9.17, 15) is 0 Å². The first-order chi connectivity index (χ1) is 9.95. The van der Waals surface area contributed by atoms with Crippen molar-refractivity contribution in [2.75, 3.05) is 13.1 Å². The van der Waals surface area contributed by atoms with E-state index in [4.69, 9.17) is 0 Å². The molecule has 0 bridgehead atoms. The highest BCUT2D eigenvalue weighted by atomic mass is 15.1. The van der Waals surface area contributed by atoms with Gasteiger partial charge in [-0.25, -0.2) is 0 Å². The van der Waals surface area contributed by atoms with Crippen molar-refractivity contribution in [2.45, 2.75) is 25.7 Å². The molecule has 104 valence electrons. The smallest absolute Gasteiger partial charge is 0.0602 e. The highest BCUT2D eigenvalue weighted by Gasteiger charge is 1.92. The predicted molar refractivity (Wildman–Crippen MR) is 84.1 cm³/mol. The lowest BCUT2D eigenvalue weighted by atomic mass is 10.1. The van der Waals surface area contributed by atoms with Gasteiger partial charge in [-0.3, -0.25) is 0 Å². The molecule has 0 aliphatic carbocycles. The van der Waals surface area contributed by atoms with Crippen molar-refractivity contribution < 1.29 is 0 Å². The van der Waals surface area contributed by atoms with E-state index in [1.807, 2.05) is 0 Å². The van der Waals surface area contributed by atoms with E-state index >= 15 is 0 Å². The van der Waals surface area contributed by atoms with Crippen molar-refractivity contribution in [1.82, 2.24) is 0 Å². The summed E-state index contributed by atoms with van der Waals surface area (Å²) in [6, 6.07) is 21.1. The first kappa shape index (κ1) is 14.4. The Morgan fingerprint density at radius 2 is 0.950 bits per heavy atom. The molecule has 0 heterocycles. The van der Waals surface area contributed by atoms with Gasteiger partial charge in [0.2, 0.25) is 0 Å². The summed E-state index contributed by atoms with van der Waals surface area (Å²) in [5.41, 5.74) is 2.76. The Balaban J connectivity index is 1.52. The molecular formula is C18H22N2. The third-order valence-electron chi connectivity index (χ3n) is 3.23. The molecule has 0 amide bonds. The Labute approximate surface area is 121 Å². The first-order valence-corrected chi connectivity index (χ1v) is 7.36. The Kier molecular flexibility index (Phi) is 6.52. The predicted octanol–water partition coefficient (Wildman–Crippen LogP) is 4.70. The minimum atomic E-state index is 0.834. The van der Waals surface area contributed by atoms with Crippen molar-refractivity contribution in [2.24, 2.45) is 10.2 Å². The van der Waals surface area contributed by atoms with Crippen LogP contribution in [0.25, 0.3) is 0 Å². The fourth-order valence-corrected chi connectivity index (χ4v) is 2.14. The third kappa shape index (κ3) is 5.79. The molecule has 0 aliphatic heterocycles. The lowest BCUT2D eigenvalue weighted by molar-refractivity contribution is 0.736. The summed E-state index contributed by atoms with van der Waals surface area (Å²) in [7, 11) is 0. The van der Waals surface area contributed by atoms with Gasteiger partial charge in [-0.1, -0.05) is 60.7 Å². The van der Waals surface area contributed by atoms with Gasteiger partial charge in [0.05, 0.1) is 13.1 Å². The number of hydrogen-bond acceptors (Lipinski definition) is 2. The number of nitrogens with zero attached hydrogens (tertiary/aromatic N) is 2. The number of aryl methyl sites for hydroxylation is 2. The summed E-state index contributed by atoms with van der Waals surface area (Å²) in [4.78, 5) is 0. The van der Waals surface area contributed by atoms with Gasteiger partial charge >= 0.3 is 0 Å². The zero-order valence-corrected chi connectivity index (χ0v) is 11.9. The molecule has 2 nitrogen and oxygen atoms in total. The average Bonchev–Trinajstić information content (AvgIpc) is 2.52. The maximum atomic E-state index is 4.24. The number of azo groups is 1. The first-order valence-electron chi connectivity index (χ1n) is 7.36. The van der Waals surface area contributed by atoms with E-state index in [0.29, 0.717) is 0 Å². The third-order valence-corrected chi connectivity index (χ3v) is 3.23. The van der Waals surface area contributed by atoms with Crippen LogP contribution in [-0.2, 0) is 12.8 Å². The topological polar surface area (TPSA) is 24.7 Å². The van der Waals surface area contributed by atoms with Gasteiger partial charge in [-0.15, -0.1) is 0 Å². The van der Waals surface area contributed by atoms with Crippen molar-refractivity contribution in [1.29, 1.82) is 0 Å². The Bertz CT molecular complexity index is 444. The molecule has 2 aromatic rings. The van der Waals surface area contributed by atoms with Crippen molar-refractivity contribution in [3.63, 3.8) is 0 Å². The van der Waals surface area contributed by atoms with Crippen LogP contribution in [0.5, 0.6) is 0 Å². The molecule has 0 aromatic heterocycles. The van der Waals surface area contributed by atoms with Gasteiger partial charge in [0.25, 0.3) is 0 Å². The maximum absolute atomic E-state index is 4.24. The molecule has 2 rings (SSSR count). The molecule has 0 N–H and O–H groups in total. The molecule has 0 unspecified atom stereocenters. The van der Waals surface area contributed by atoms with Gasteiger partial charge in [-0.05, 0) is 36.8 Å². The average molecular weight is 266 g/mol. The van der Waals surface area contributed by atoms with Crippen LogP contribution in [0.4, 0.5) is 0 Å². The second kappa shape index (κ2) is 9.03. The van der Waals surface area contributed by atoms with Crippen LogP contribution in [0.1, 0.15) is 24.0 Å². The highest BCUT2D eigenvalue weighted by molar-refractivity contribution is 5.15. The molecule has 0 radical (unpaired) electrons. The standard InChI is InChI=1S/C18H22N2/c1-3-9-17(10-4-1)13-7-15-19-20-16-8-14-18-11-5-2-6-12-18/h1-6,9-12H,7-8,13-16H2. The normalized spacial score (nSPS) is 11.0. The lowest BCUT2D eigenvalue weighted by Crippen LogP contribution is -1.89. The Hall–Kier alpha value is -1.96. The number of rotatable bonds is 8. The van der Waals surface area contributed by atoms with Crippen LogP contribution >= 0.6 is 0 Å². The monoisotopic (exact) mass is 266 g/mol. The van der Waals surface area contributed by atoms with Crippen LogP contribution in [0.3, 0.4) is 0 Å². The summed E-state index contributed by atoms with van der Waals surface area (Å²) < 4.78 is 0. The van der Waals surface area contributed by atoms with Gasteiger partial charge in [0, 0.05) is 0 Å². The van der Waals surface area contributed by atoms with E-state index in [0.717, 1.165) is 38.8 Å². The molecular weight excluding hydrogens is 244 g/mol. The largest absolute Gasteiger partial charge is 0.194 e. The highest BCUT2D eigenvalue weighted by Crippen LogP contribution is 2.04. The summed E-state index contributed by atoms with van der Waals surface area (Å²) in [6.07, 6.45) is 4.33. The van der Waals surface area contributed by atoms with Crippen LogP contribution < -0.4 is 0 Å². The molecule has 20 heavy (non-hydrogen) atoms. The van der Waals surface area contributed by atoms with Gasteiger partial charge in [0.1, 0.15) is 0 Å². The van der Waals surface area contributed by atoms with Crippen molar-refractivity contribution in [3.8, 4) is 0 Å². The van der Waals surface area contributed by atoms with Crippen molar-refractivity contribution in [3.05, 3.63) is 71.8 Å². The Morgan fingerprint density at radius 3 is 1.35 bits per heavy atom. The molecule has 2 aromatic carbocycles. The summed E-state index contributed by atoms with van der Waals surface area (Å²) >= 11 is 0. The van der Waals surface area contributed by atoms with Gasteiger partial charge in [0.15, 0.2) is 0 Å². The molecule has 0 saturated heterocycles. The quantitative estimate of drug-likeness (QED) is 0.488. The molecule has 0 aliphatic rings. The summed E-state index contributed by atoms with van der Waals surface area (Å²) in [5, 5.41) is 8.49. The lowest BCUT2D eigenvalue weighted by Gasteiger charge is -1.99. The summed E-state index contributed by atoms with van der Waals surface area (Å²) in [6.45, 7) is 1.67. The maximum Gasteiger partial charge on any atom is 0.0602 e. The summed E-state index contributed by atoms with van der Waals surface area (Å²) in [5.74, 6) is 0. The molecule has 2 heteroatoms. The fraction of sp³-hybridized carbons (Fsp3) is 0.333. The molecule has 0 saturated carbocycles. The van der Waals surface area contributed by atoms with E-state index in [2.05, 4.69) is 70.9 Å². The minimum Gasteiger partial charge on any atom is -0.194 e. The second-order valence-corrected chi connectivity index (χ2v) is 4.91. The van der Waals surface area contributed by atoms with Crippen LogP contribution in [-0.4, -0.2) is 13.1 Å².